The quantitative estimate of drug-likeness (QED) is 0.642. The molecule has 2 aliphatic carbocycles. The van der Waals surface area contributed by atoms with Crippen molar-refractivity contribution in [2.24, 2.45) is 5.41 Å². The summed E-state index contributed by atoms with van der Waals surface area (Å²) in [5.74, 6) is -0.341. The molecule has 3 aliphatic rings. The van der Waals surface area contributed by atoms with E-state index in [0.717, 1.165) is 48.8 Å². The smallest absolute Gasteiger partial charge is 0.449 e. The zero-order chi connectivity index (χ0) is 25.0. The number of alkyl halides is 3. The minimum atomic E-state index is -4.65. The van der Waals surface area contributed by atoms with Crippen molar-refractivity contribution in [1.82, 2.24) is 15.3 Å². The average molecular weight is 490 g/mol. The van der Waals surface area contributed by atoms with E-state index in [-0.39, 0.29) is 29.5 Å². The summed E-state index contributed by atoms with van der Waals surface area (Å²) in [7, 11) is 3.91. The number of nitrogens with one attached hydrogen (secondary N) is 2. The van der Waals surface area contributed by atoms with Gasteiger partial charge in [0.25, 0.3) is 5.91 Å². The molecule has 2 atom stereocenters. The van der Waals surface area contributed by atoms with Gasteiger partial charge in [-0.05, 0) is 56.6 Å². The summed E-state index contributed by atoms with van der Waals surface area (Å²) in [5.41, 5.74) is 0.713. The fraction of sp³-hybridized carbons (Fsp3) is 0.560. The number of amides is 1. The second-order valence-electron chi connectivity index (χ2n) is 10.2. The van der Waals surface area contributed by atoms with Crippen molar-refractivity contribution in [3.8, 4) is 0 Å². The van der Waals surface area contributed by atoms with E-state index in [1.54, 1.807) is 0 Å². The lowest BCUT2D eigenvalue weighted by Crippen LogP contribution is -2.40. The molecular formula is C25H30F3N5O2. The van der Waals surface area contributed by atoms with Crippen molar-refractivity contribution < 1.29 is 22.7 Å². The van der Waals surface area contributed by atoms with E-state index in [0.29, 0.717) is 5.95 Å². The minimum absolute atomic E-state index is 0.0238. The van der Waals surface area contributed by atoms with Crippen LogP contribution in [0.1, 0.15) is 45.4 Å². The van der Waals surface area contributed by atoms with E-state index in [4.69, 9.17) is 14.7 Å². The van der Waals surface area contributed by atoms with Crippen molar-refractivity contribution in [3.63, 3.8) is 0 Å². The van der Waals surface area contributed by atoms with Crippen LogP contribution in [0.5, 0.6) is 0 Å². The van der Waals surface area contributed by atoms with Gasteiger partial charge >= 0.3 is 6.18 Å². The van der Waals surface area contributed by atoms with Gasteiger partial charge in [-0.1, -0.05) is 12.1 Å². The maximum Gasteiger partial charge on any atom is 0.449 e. The summed E-state index contributed by atoms with van der Waals surface area (Å²) < 4.78 is 44.6. The number of nitrogens with zero attached hydrogens (tertiary/aromatic N) is 3. The molecule has 2 aromatic rings. The first-order valence-corrected chi connectivity index (χ1v) is 12.0. The molecule has 7 nitrogen and oxygen atoms in total. The highest BCUT2D eigenvalue weighted by Gasteiger charge is 2.55. The van der Waals surface area contributed by atoms with Crippen molar-refractivity contribution in [3.05, 3.63) is 35.6 Å². The molecular weight excluding hydrogens is 459 g/mol. The predicted molar refractivity (Wildman–Crippen MR) is 127 cm³/mol. The molecule has 188 valence electrons. The average Bonchev–Trinajstić information content (AvgIpc) is 3.27. The van der Waals surface area contributed by atoms with Crippen LogP contribution in [0.25, 0.3) is 10.9 Å². The maximum atomic E-state index is 13.2. The lowest BCUT2D eigenvalue weighted by molar-refractivity contribution is -0.135. The number of para-hydroxylation sites is 1. The van der Waals surface area contributed by atoms with Crippen LogP contribution in [0.4, 0.5) is 24.9 Å². The normalized spacial score (nSPS) is 28.2. The topological polar surface area (TPSA) is 79.4 Å². The number of rotatable bonds is 5. The molecule has 0 bridgehead atoms. The summed E-state index contributed by atoms with van der Waals surface area (Å²) in [4.78, 5) is 24.0. The standard InChI is InChI=1S/C25H30F3N5O2/c1-14-12-17(20(35-14)25(26,27)28)22(34)29-15-8-10-24(11-9-15)13-19(24)31-23-30-18-7-5-4-6-16(18)21(32-23)33(2)3/h4-7,14-15,19H,8-13H2,1-3H3,(H,29,34)(H,30,31,32). The zero-order valence-electron chi connectivity index (χ0n) is 20.1. The third kappa shape index (κ3) is 4.62. The Labute approximate surface area is 202 Å². The van der Waals surface area contributed by atoms with E-state index < -0.39 is 23.9 Å². The number of carbonyl (C=O) groups excluding carboxylic acids is 1. The Bertz CT molecular complexity index is 1170. The molecule has 5 rings (SSSR count). The van der Waals surface area contributed by atoms with Gasteiger partial charge in [-0.3, -0.25) is 4.79 Å². The first kappa shape index (κ1) is 23.7. The Balaban J connectivity index is 1.20. The summed E-state index contributed by atoms with van der Waals surface area (Å²) in [6.45, 7) is 1.54. The molecule has 1 spiro atoms. The van der Waals surface area contributed by atoms with E-state index in [1.807, 2.05) is 43.3 Å². The third-order valence-electron chi connectivity index (χ3n) is 7.43. The molecule has 1 aliphatic heterocycles. The summed E-state index contributed by atoms with van der Waals surface area (Å²) >= 11 is 0. The van der Waals surface area contributed by atoms with E-state index >= 15 is 0 Å². The molecule has 1 aromatic carbocycles. The summed E-state index contributed by atoms with van der Waals surface area (Å²) in [6.07, 6.45) is -1.08. The number of carbonyl (C=O) groups is 1. The highest BCUT2D eigenvalue weighted by Crippen LogP contribution is 2.57. The lowest BCUT2D eigenvalue weighted by Gasteiger charge is -2.30. The van der Waals surface area contributed by atoms with Gasteiger partial charge in [-0.2, -0.15) is 18.2 Å². The maximum absolute atomic E-state index is 13.2. The monoisotopic (exact) mass is 489 g/mol. The van der Waals surface area contributed by atoms with Crippen LogP contribution in [0.3, 0.4) is 0 Å². The Morgan fingerprint density at radius 3 is 2.57 bits per heavy atom. The van der Waals surface area contributed by atoms with Crippen LogP contribution in [0.15, 0.2) is 35.6 Å². The van der Waals surface area contributed by atoms with Gasteiger partial charge < -0.3 is 20.3 Å². The van der Waals surface area contributed by atoms with Gasteiger partial charge in [0, 0.05) is 38.0 Å². The SMILES string of the molecule is CC1CC(C(=O)NC2CCC3(CC2)CC3Nc2nc(N(C)C)c3ccccc3n2)=C(C(F)(F)F)O1. The van der Waals surface area contributed by atoms with Gasteiger partial charge in [-0.15, -0.1) is 0 Å². The van der Waals surface area contributed by atoms with Crippen molar-refractivity contribution in [2.45, 2.75) is 69.8 Å². The number of anilines is 2. The number of allylic oxidation sites excluding steroid dienone is 1. The lowest BCUT2D eigenvalue weighted by atomic mass is 9.82. The Kier molecular flexibility index (Phi) is 5.80. The Hall–Kier alpha value is -3.04. The highest BCUT2D eigenvalue weighted by molar-refractivity contribution is 5.94. The second-order valence-corrected chi connectivity index (χ2v) is 10.2. The van der Waals surface area contributed by atoms with Crippen LogP contribution < -0.4 is 15.5 Å². The van der Waals surface area contributed by atoms with Crippen molar-refractivity contribution in [1.29, 1.82) is 0 Å². The number of halogens is 3. The minimum Gasteiger partial charge on any atom is -0.485 e. The number of aromatic nitrogens is 2. The number of benzene rings is 1. The second kappa shape index (κ2) is 8.57. The van der Waals surface area contributed by atoms with Crippen molar-refractivity contribution in [2.75, 3.05) is 24.3 Å². The molecule has 0 saturated heterocycles. The molecule has 1 amide bonds. The number of hydrogen-bond acceptors (Lipinski definition) is 6. The fourth-order valence-electron chi connectivity index (χ4n) is 5.46. The summed E-state index contributed by atoms with van der Waals surface area (Å²) in [5, 5.41) is 7.33. The predicted octanol–water partition coefficient (Wildman–Crippen LogP) is 4.55. The molecule has 35 heavy (non-hydrogen) atoms. The van der Waals surface area contributed by atoms with Crippen LogP contribution in [0, 0.1) is 5.41 Å². The van der Waals surface area contributed by atoms with Gasteiger partial charge in [0.2, 0.25) is 11.7 Å². The van der Waals surface area contributed by atoms with Gasteiger partial charge in [-0.25, -0.2) is 4.98 Å². The molecule has 1 aromatic heterocycles. The molecule has 2 unspecified atom stereocenters. The number of ether oxygens (including phenoxy) is 1. The molecule has 0 radical (unpaired) electrons. The third-order valence-corrected chi connectivity index (χ3v) is 7.43. The van der Waals surface area contributed by atoms with Gasteiger partial charge in [0.15, 0.2) is 0 Å². The number of fused-ring (bicyclic) bond motifs is 1. The van der Waals surface area contributed by atoms with Crippen LogP contribution >= 0.6 is 0 Å². The first-order valence-electron chi connectivity index (χ1n) is 12.0. The van der Waals surface area contributed by atoms with E-state index in [1.165, 1.54) is 6.92 Å². The fourth-order valence-corrected chi connectivity index (χ4v) is 5.46. The van der Waals surface area contributed by atoms with Gasteiger partial charge in [0.05, 0.1) is 11.1 Å². The highest BCUT2D eigenvalue weighted by atomic mass is 19.4. The number of hydrogen-bond donors (Lipinski definition) is 2. The molecule has 2 N–H and O–H groups in total. The van der Waals surface area contributed by atoms with Crippen LogP contribution in [-0.4, -0.2) is 54.3 Å². The molecule has 2 heterocycles. The Morgan fingerprint density at radius 1 is 1.17 bits per heavy atom. The van der Waals surface area contributed by atoms with Crippen LogP contribution in [0.2, 0.25) is 0 Å². The molecule has 2 fully saturated rings. The first-order chi connectivity index (χ1) is 16.6. The Morgan fingerprint density at radius 2 is 1.89 bits per heavy atom. The zero-order valence-corrected chi connectivity index (χ0v) is 20.1. The summed E-state index contributed by atoms with van der Waals surface area (Å²) in [6, 6.07) is 8.03. The van der Waals surface area contributed by atoms with Crippen LogP contribution in [-0.2, 0) is 9.53 Å². The van der Waals surface area contributed by atoms with E-state index in [9.17, 15) is 18.0 Å². The molecule has 2 saturated carbocycles. The largest absolute Gasteiger partial charge is 0.485 e. The van der Waals surface area contributed by atoms with Gasteiger partial charge in [0.1, 0.15) is 11.9 Å². The van der Waals surface area contributed by atoms with E-state index in [2.05, 4.69) is 10.6 Å². The molecule has 10 heteroatoms. The van der Waals surface area contributed by atoms with Crippen molar-refractivity contribution >= 4 is 28.6 Å².